The molecule has 2 atom stereocenters. The van der Waals surface area contributed by atoms with Gasteiger partial charge in [-0.25, -0.2) is 0 Å². The molecular formula is C13H27NO. The van der Waals surface area contributed by atoms with Gasteiger partial charge in [0.25, 0.3) is 0 Å². The Kier molecular flexibility index (Phi) is 5.07. The molecule has 1 aliphatic carbocycles. The van der Waals surface area contributed by atoms with Gasteiger partial charge in [-0.05, 0) is 45.6 Å². The lowest BCUT2D eigenvalue weighted by molar-refractivity contribution is 0.0695. The zero-order chi connectivity index (χ0) is 11.3. The molecule has 1 saturated carbocycles. The Bertz CT molecular complexity index is 174. The van der Waals surface area contributed by atoms with Crippen LogP contribution in [0.25, 0.3) is 0 Å². The lowest BCUT2D eigenvalue weighted by Gasteiger charge is -2.30. The molecule has 0 spiro atoms. The predicted octanol–water partition coefficient (Wildman–Crippen LogP) is 2.71. The molecule has 2 N–H and O–H groups in total. The van der Waals surface area contributed by atoms with Crippen LogP contribution in [0.1, 0.15) is 59.3 Å². The molecule has 0 aliphatic heterocycles. The van der Waals surface area contributed by atoms with Gasteiger partial charge in [-0.15, -0.1) is 0 Å². The van der Waals surface area contributed by atoms with Gasteiger partial charge in [0.1, 0.15) is 0 Å². The van der Waals surface area contributed by atoms with Crippen LogP contribution in [0.15, 0.2) is 0 Å². The molecule has 1 fully saturated rings. The quantitative estimate of drug-likeness (QED) is 0.736. The summed E-state index contributed by atoms with van der Waals surface area (Å²) in [6.07, 6.45) is 7.62. The zero-order valence-corrected chi connectivity index (χ0v) is 10.6. The standard InChI is InChI=1S/C13H27NO/c1-4-11-6-5-7-12(10-11)14-9-8-13(2,3)15/h11-12,14-15H,4-10H2,1-3H3. The topological polar surface area (TPSA) is 32.3 Å². The summed E-state index contributed by atoms with van der Waals surface area (Å²) >= 11 is 0. The number of hydrogen-bond donors (Lipinski definition) is 2. The van der Waals surface area contributed by atoms with Gasteiger partial charge in [0.15, 0.2) is 0 Å². The third kappa shape index (κ3) is 5.53. The molecule has 0 aromatic rings. The first-order valence-corrected chi connectivity index (χ1v) is 6.47. The largest absolute Gasteiger partial charge is 0.390 e. The molecule has 1 rings (SSSR count). The van der Waals surface area contributed by atoms with Gasteiger partial charge >= 0.3 is 0 Å². The Labute approximate surface area is 94.5 Å². The maximum Gasteiger partial charge on any atom is 0.0603 e. The van der Waals surface area contributed by atoms with E-state index in [0.29, 0.717) is 6.04 Å². The number of aliphatic hydroxyl groups is 1. The highest BCUT2D eigenvalue weighted by Gasteiger charge is 2.20. The van der Waals surface area contributed by atoms with Crippen LogP contribution in [-0.4, -0.2) is 23.3 Å². The SMILES string of the molecule is CCC1CCCC(NCCC(C)(C)O)C1. The fourth-order valence-corrected chi connectivity index (χ4v) is 2.43. The lowest BCUT2D eigenvalue weighted by atomic mass is 9.84. The third-order valence-corrected chi connectivity index (χ3v) is 3.53. The van der Waals surface area contributed by atoms with Gasteiger partial charge in [-0.3, -0.25) is 0 Å². The molecule has 2 unspecified atom stereocenters. The van der Waals surface area contributed by atoms with Crippen LogP contribution < -0.4 is 5.32 Å². The number of nitrogens with one attached hydrogen (secondary N) is 1. The van der Waals surface area contributed by atoms with Crippen molar-refractivity contribution in [3.05, 3.63) is 0 Å². The third-order valence-electron chi connectivity index (χ3n) is 3.53. The first-order chi connectivity index (χ1) is 7.01. The van der Waals surface area contributed by atoms with Crippen molar-refractivity contribution in [2.75, 3.05) is 6.54 Å². The van der Waals surface area contributed by atoms with E-state index in [1.165, 1.54) is 32.1 Å². The monoisotopic (exact) mass is 213 g/mol. The van der Waals surface area contributed by atoms with Gasteiger partial charge < -0.3 is 10.4 Å². The molecular weight excluding hydrogens is 186 g/mol. The van der Waals surface area contributed by atoms with E-state index in [1.54, 1.807) is 0 Å². The van der Waals surface area contributed by atoms with Crippen molar-refractivity contribution in [3.63, 3.8) is 0 Å². The first-order valence-electron chi connectivity index (χ1n) is 6.47. The summed E-state index contributed by atoms with van der Waals surface area (Å²) in [6, 6.07) is 0.700. The fraction of sp³-hybridized carbons (Fsp3) is 1.00. The van der Waals surface area contributed by atoms with Crippen molar-refractivity contribution < 1.29 is 5.11 Å². The predicted molar refractivity (Wildman–Crippen MR) is 65.0 cm³/mol. The van der Waals surface area contributed by atoms with Gasteiger partial charge in [-0.2, -0.15) is 0 Å². The number of hydrogen-bond acceptors (Lipinski definition) is 2. The van der Waals surface area contributed by atoms with Crippen LogP contribution in [0, 0.1) is 5.92 Å². The smallest absolute Gasteiger partial charge is 0.0603 e. The summed E-state index contributed by atoms with van der Waals surface area (Å²) < 4.78 is 0. The van der Waals surface area contributed by atoms with Crippen molar-refractivity contribution in [2.24, 2.45) is 5.92 Å². The van der Waals surface area contributed by atoms with Crippen LogP contribution in [0.3, 0.4) is 0 Å². The molecule has 0 aromatic heterocycles. The second kappa shape index (κ2) is 5.86. The summed E-state index contributed by atoms with van der Waals surface area (Å²) in [6.45, 7) is 7.00. The van der Waals surface area contributed by atoms with Crippen molar-refractivity contribution >= 4 is 0 Å². The Morgan fingerprint density at radius 3 is 2.67 bits per heavy atom. The molecule has 15 heavy (non-hydrogen) atoms. The van der Waals surface area contributed by atoms with E-state index in [2.05, 4.69) is 12.2 Å². The highest BCUT2D eigenvalue weighted by atomic mass is 16.3. The highest BCUT2D eigenvalue weighted by molar-refractivity contribution is 4.78. The average molecular weight is 213 g/mol. The van der Waals surface area contributed by atoms with Crippen LogP contribution >= 0.6 is 0 Å². The summed E-state index contributed by atoms with van der Waals surface area (Å²) in [4.78, 5) is 0. The highest BCUT2D eigenvalue weighted by Crippen LogP contribution is 2.26. The summed E-state index contributed by atoms with van der Waals surface area (Å²) in [5.74, 6) is 0.929. The molecule has 0 amide bonds. The molecule has 0 saturated heterocycles. The van der Waals surface area contributed by atoms with Crippen LogP contribution in [-0.2, 0) is 0 Å². The van der Waals surface area contributed by atoms with E-state index < -0.39 is 5.60 Å². The van der Waals surface area contributed by atoms with E-state index in [1.807, 2.05) is 13.8 Å². The maximum atomic E-state index is 9.61. The average Bonchev–Trinajstić information content (AvgIpc) is 2.16. The molecule has 90 valence electrons. The second-order valence-corrected chi connectivity index (χ2v) is 5.65. The maximum absolute atomic E-state index is 9.61. The Morgan fingerprint density at radius 1 is 1.33 bits per heavy atom. The van der Waals surface area contributed by atoms with Crippen molar-refractivity contribution in [1.82, 2.24) is 5.32 Å². The molecule has 2 nitrogen and oxygen atoms in total. The van der Waals surface area contributed by atoms with Crippen LogP contribution in [0.4, 0.5) is 0 Å². The summed E-state index contributed by atoms with van der Waals surface area (Å²) in [7, 11) is 0. The molecule has 0 radical (unpaired) electrons. The Morgan fingerprint density at radius 2 is 2.07 bits per heavy atom. The van der Waals surface area contributed by atoms with Crippen LogP contribution in [0.5, 0.6) is 0 Å². The van der Waals surface area contributed by atoms with Crippen LogP contribution in [0.2, 0.25) is 0 Å². The molecule has 2 heteroatoms. The fourth-order valence-electron chi connectivity index (χ4n) is 2.43. The Balaban J connectivity index is 2.15. The molecule has 1 aliphatic rings. The van der Waals surface area contributed by atoms with Gasteiger partial charge in [-0.1, -0.05) is 26.2 Å². The summed E-state index contributed by atoms with van der Waals surface area (Å²) in [5, 5.41) is 13.2. The van der Waals surface area contributed by atoms with Crippen molar-refractivity contribution in [2.45, 2.75) is 70.9 Å². The van der Waals surface area contributed by atoms with Crippen molar-refractivity contribution in [3.8, 4) is 0 Å². The molecule has 0 aromatic carbocycles. The second-order valence-electron chi connectivity index (χ2n) is 5.65. The van der Waals surface area contributed by atoms with Crippen molar-refractivity contribution in [1.29, 1.82) is 0 Å². The summed E-state index contributed by atoms with van der Waals surface area (Å²) in [5.41, 5.74) is -0.522. The Hall–Kier alpha value is -0.0800. The molecule has 0 bridgehead atoms. The molecule has 0 heterocycles. The minimum atomic E-state index is -0.522. The lowest BCUT2D eigenvalue weighted by Crippen LogP contribution is -2.37. The van der Waals surface area contributed by atoms with E-state index in [-0.39, 0.29) is 0 Å². The zero-order valence-electron chi connectivity index (χ0n) is 10.6. The minimum Gasteiger partial charge on any atom is -0.390 e. The van der Waals surface area contributed by atoms with Gasteiger partial charge in [0.05, 0.1) is 5.60 Å². The van der Waals surface area contributed by atoms with E-state index in [4.69, 9.17) is 0 Å². The van der Waals surface area contributed by atoms with E-state index >= 15 is 0 Å². The van der Waals surface area contributed by atoms with Gasteiger partial charge in [0.2, 0.25) is 0 Å². The number of rotatable bonds is 5. The normalized spacial score (nSPS) is 28.0. The van der Waals surface area contributed by atoms with E-state index in [9.17, 15) is 5.11 Å². The minimum absolute atomic E-state index is 0.522. The first kappa shape index (κ1) is 13.0. The van der Waals surface area contributed by atoms with E-state index in [0.717, 1.165) is 18.9 Å². The van der Waals surface area contributed by atoms with Gasteiger partial charge in [0, 0.05) is 6.04 Å².